The van der Waals surface area contributed by atoms with Crippen molar-refractivity contribution in [1.29, 1.82) is 0 Å². The summed E-state index contributed by atoms with van der Waals surface area (Å²) in [5.74, 6) is -1.07. The fourth-order valence-corrected chi connectivity index (χ4v) is 2.41. The molecule has 0 heterocycles. The number of amides is 1. The monoisotopic (exact) mass is 311 g/mol. The van der Waals surface area contributed by atoms with Crippen molar-refractivity contribution in [2.24, 2.45) is 0 Å². The van der Waals surface area contributed by atoms with Crippen LogP contribution in [0.5, 0.6) is 5.75 Å². The van der Waals surface area contributed by atoms with E-state index in [1.807, 2.05) is 0 Å². The van der Waals surface area contributed by atoms with E-state index >= 15 is 0 Å². The molecule has 114 valence electrons. The number of phenolic OH excluding ortho intramolecular Hbond substituents is 1. The Bertz CT molecular complexity index is 532. The van der Waals surface area contributed by atoms with Gasteiger partial charge in [-0.25, -0.2) is 4.79 Å². The van der Waals surface area contributed by atoms with Gasteiger partial charge < -0.3 is 15.2 Å². The van der Waals surface area contributed by atoms with Gasteiger partial charge in [0.25, 0.3) is 0 Å². The highest BCUT2D eigenvalue weighted by atomic mass is 32.2. The first kappa shape index (κ1) is 17.0. The summed E-state index contributed by atoms with van der Waals surface area (Å²) in [7, 11) is 0. The summed E-state index contributed by atoms with van der Waals surface area (Å²) in [6, 6.07) is 5.23. The molecule has 0 aromatic heterocycles. The Morgan fingerprint density at radius 2 is 2.00 bits per heavy atom. The van der Waals surface area contributed by atoms with Gasteiger partial charge in [0.15, 0.2) is 0 Å². The number of hydrogen-bond acceptors (Lipinski definition) is 6. The Hall–Kier alpha value is -2.02. The van der Waals surface area contributed by atoms with Gasteiger partial charge in [0.1, 0.15) is 11.8 Å². The number of esters is 1. The molecule has 0 spiro atoms. The summed E-state index contributed by atoms with van der Waals surface area (Å²) >= 11 is 0.833. The van der Waals surface area contributed by atoms with Crippen molar-refractivity contribution in [3.8, 4) is 5.75 Å². The standard InChI is InChI=1S/C14H17NO5S/c1-3-20-13(18)11(15-9(2)16)8-21-14(19)10-6-4-5-7-12(10)17/h4-7,11,17H,3,8H2,1-2H3,(H,15,16)/t11-/m0/s1. The minimum absolute atomic E-state index is 0.0333. The second-order valence-corrected chi connectivity index (χ2v) is 5.11. The number of carbonyl (C=O) groups is 3. The average molecular weight is 311 g/mol. The highest BCUT2D eigenvalue weighted by Crippen LogP contribution is 2.22. The fourth-order valence-electron chi connectivity index (χ4n) is 1.54. The van der Waals surface area contributed by atoms with Crippen LogP contribution in [0.25, 0.3) is 0 Å². The highest BCUT2D eigenvalue weighted by Gasteiger charge is 2.23. The number of carbonyl (C=O) groups excluding carboxylic acids is 3. The smallest absolute Gasteiger partial charge is 0.329 e. The first-order chi connectivity index (χ1) is 9.95. The number of phenols is 1. The van der Waals surface area contributed by atoms with Crippen LogP contribution in [-0.2, 0) is 14.3 Å². The van der Waals surface area contributed by atoms with Crippen molar-refractivity contribution in [3.63, 3.8) is 0 Å². The lowest BCUT2D eigenvalue weighted by atomic mass is 10.2. The lowest BCUT2D eigenvalue weighted by Crippen LogP contribution is -2.42. The lowest BCUT2D eigenvalue weighted by molar-refractivity contribution is -0.146. The van der Waals surface area contributed by atoms with Gasteiger partial charge in [0.05, 0.1) is 12.2 Å². The third kappa shape index (κ3) is 5.47. The van der Waals surface area contributed by atoms with E-state index in [4.69, 9.17) is 4.74 Å². The Labute approximate surface area is 126 Å². The number of nitrogens with one attached hydrogen (secondary N) is 1. The molecule has 0 fully saturated rings. The van der Waals surface area contributed by atoms with Gasteiger partial charge in [-0.05, 0) is 19.1 Å². The van der Waals surface area contributed by atoms with E-state index < -0.39 is 12.0 Å². The fraction of sp³-hybridized carbons (Fsp3) is 0.357. The quantitative estimate of drug-likeness (QED) is 0.770. The topological polar surface area (TPSA) is 92.7 Å². The molecule has 1 amide bonds. The normalized spacial score (nSPS) is 11.5. The average Bonchev–Trinajstić information content (AvgIpc) is 2.43. The molecule has 0 aliphatic rings. The van der Waals surface area contributed by atoms with Gasteiger partial charge in [-0.15, -0.1) is 0 Å². The molecule has 2 N–H and O–H groups in total. The third-order valence-corrected chi connectivity index (χ3v) is 3.44. The molecule has 1 aromatic rings. The van der Waals surface area contributed by atoms with Crippen molar-refractivity contribution in [2.45, 2.75) is 19.9 Å². The van der Waals surface area contributed by atoms with E-state index in [2.05, 4.69) is 5.32 Å². The van der Waals surface area contributed by atoms with Crippen LogP contribution in [0, 0.1) is 0 Å². The largest absolute Gasteiger partial charge is 0.507 e. The van der Waals surface area contributed by atoms with Gasteiger partial charge in [0, 0.05) is 12.7 Å². The molecular formula is C14H17NO5S. The molecule has 1 rings (SSSR count). The predicted octanol–water partition coefficient (Wildman–Crippen LogP) is 1.33. The summed E-state index contributed by atoms with van der Waals surface area (Å²) in [5, 5.41) is 11.6. The van der Waals surface area contributed by atoms with Gasteiger partial charge in [-0.3, -0.25) is 9.59 Å². The molecule has 0 unspecified atom stereocenters. The highest BCUT2D eigenvalue weighted by molar-refractivity contribution is 8.14. The number of aromatic hydroxyl groups is 1. The van der Waals surface area contributed by atoms with Gasteiger partial charge >= 0.3 is 5.97 Å². The molecule has 0 radical (unpaired) electrons. The molecule has 0 bridgehead atoms. The summed E-state index contributed by atoms with van der Waals surface area (Å²) in [5.41, 5.74) is 0.160. The Kier molecular flexibility index (Phi) is 6.74. The third-order valence-electron chi connectivity index (χ3n) is 2.45. The molecular weight excluding hydrogens is 294 g/mol. The molecule has 6 nitrogen and oxygen atoms in total. The van der Waals surface area contributed by atoms with Crippen LogP contribution < -0.4 is 5.32 Å². The van der Waals surface area contributed by atoms with E-state index in [0.717, 1.165) is 11.8 Å². The van der Waals surface area contributed by atoms with Crippen LogP contribution in [0.2, 0.25) is 0 Å². The zero-order chi connectivity index (χ0) is 15.8. The maximum Gasteiger partial charge on any atom is 0.329 e. The summed E-state index contributed by atoms with van der Waals surface area (Å²) in [6.45, 7) is 3.12. The predicted molar refractivity (Wildman–Crippen MR) is 79.1 cm³/mol. The number of para-hydroxylation sites is 1. The van der Waals surface area contributed by atoms with Crippen LogP contribution in [0.1, 0.15) is 24.2 Å². The number of benzene rings is 1. The SMILES string of the molecule is CCOC(=O)[C@H](CSC(=O)c1ccccc1O)NC(C)=O. The Morgan fingerprint density at radius 1 is 1.33 bits per heavy atom. The summed E-state index contributed by atoms with van der Waals surface area (Å²) in [6.07, 6.45) is 0. The first-order valence-corrected chi connectivity index (χ1v) is 7.33. The van der Waals surface area contributed by atoms with Gasteiger partial charge in [0.2, 0.25) is 11.0 Å². The van der Waals surface area contributed by atoms with Crippen LogP contribution in [-0.4, -0.2) is 40.5 Å². The van der Waals surface area contributed by atoms with Crippen LogP contribution in [0.15, 0.2) is 24.3 Å². The van der Waals surface area contributed by atoms with Gasteiger partial charge in [-0.2, -0.15) is 0 Å². The molecule has 1 atom stereocenters. The van der Waals surface area contributed by atoms with E-state index in [0.29, 0.717) is 0 Å². The second-order valence-electron chi connectivity index (χ2n) is 4.12. The molecule has 0 saturated carbocycles. The van der Waals surface area contributed by atoms with E-state index in [1.54, 1.807) is 19.1 Å². The lowest BCUT2D eigenvalue weighted by Gasteiger charge is -2.15. The minimum Gasteiger partial charge on any atom is -0.507 e. The van der Waals surface area contributed by atoms with Crippen molar-refractivity contribution >= 4 is 28.8 Å². The maximum atomic E-state index is 12.0. The van der Waals surface area contributed by atoms with Crippen molar-refractivity contribution in [1.82, 2.24) is 5.32 Å². The van der Waals surface area contributed by atoms with Crippen LogP contribution in [0.4, 0.5) is 0 Å². The number of rotatable bonds is 6. The van der Waals surface area contributed by atoms with E-state index in [9.17, 15) is 19.5 Å². The number of hydrogen-bond donors (Lipinski definition) is 2. The Morgan fingerprint density at radius 3 is 2.57 bits per heavy atom. The molecule has 0 aliphatic carbocycles. The Balaban J connectivity index is 2.68. The van der Waals surface area contributed by atoms with Crippen LogP contribution >= 0.6 is 11.8 Å². The molecule has 1 aromatic carbocycles. The van der Waals surface area contributed by atoms with Crippen molar-refractivity contribution < 1.29 is 24.2 Å². The molecule has 7 heteroatoms. The molecule has 0 aliphatic heterocycles. The van der Waals surface area contributed by atoms with Crippen molar-refractivity contribution in [3.05, 3.63) is 29.8 Å². The van der Waals surface area contributed by atoms with Gasteiger partial charge in [-0.1, -0.05) is 23.9 Å². The van der Waals surface area contributed by atoms with Crippen molar-refractivity contribution in [2.75, 3.05) is 12.4 Å². The zero-order valence-corrected chi connectivity index (χ0v) is 12.6. The maximum absolute atomic E-state index is 12.0. The van der Waals surface area contributed by atoms with E-state index in [-0.39, 0.29) is 34.7 Å². The zero-order valence-electron chi connectivity index (χ0n) is 11.8. The molecule has 21 heavy (non-hydrogen) atoms. The van der Waals surface area contributed by atoms with E-state index in [1.165, 1.54) is 19.1 Å². The second kappa shape index (κ2) is 8.31. The summed E-state index contributed by atoms with van der Waals surface area (Å²) in [4.78, 5) is 34.7. The molecule has 0 saturated heterocycles. The minimum atomic E-state index is -0.901. The summed E-state index contributed by atoms with van der Waals surface area (Å²) < 4.78 is 4.84. The van der Waals surface area contributed by atoms with Crippen LogP contribution in [0.3, 0.4) is 0 Å². The first-order valence-electron chi connectivity index (χ1n) is 6.34. The number of ether oxygens (including phenoxy) is 1. The number of thioether (sulfide) groups is 1.